The SMILES string of the molecule is Cc1cccc(NC(=O)N[C@H](CC(C)C)C(=O)O)c1Br. The highest BCUT2D eigenvalue weighted by atomic mass is 79.9. The average molecular weight is 343 g/mol. The number of carbonyl (C=O) groups is 2. The summed E-state index contributed by atoms with van der Waals surface area (Å²) in [6.07, 6.45) is 0.387. The van der Waals surface area contributed by atoms with E-state index in [1.54, 1.807) is 6.07 Å². The van der Waals surface area contributed by atoms with Crippen LogP contribution in [-0.2, 0) is 4.79 Å². The van der Waals surface area contributed by atoms with Gasteiger partial charge in [-0.3, -0.25) is 0 Å². The maximum absolute atomic E-state index is 11.9. The Labute approximate surface area is 126 Å². The fourth-order valence-electron chi connectivity index (χ4n) is 1.75. The second-order valence-corrected chi connectivity index (χ2v) is 5.85. The number of hydrogen-bond acceptors (Lipinski definition) is 2. The van der Waals surface area contributed by atoms with Crippen LogP contribution in [0.25, 0.3) is 0 Å². The normalized spacial score (nSPS) is 12.1. The molecule has 0 aromatic heterocycles. The maximum atomic E-state index is 11.9. The molecule has 0 aliphatic heterocycles. The van der Waals surface area contributed by atoms with Crippen molar-refractivity contribution in [3.63, 3.8) is 0 Å². The number of rotatable bonds is 5. The third-order valence-electron chi connectivity index (χ3n) is 2.75. The minimum atomic E-state index is -1.03. The van der Waals surface area contributed by atoms with E-state index in [4.69, 9.17) is 5.11 Å². The number of carboxylic acids is 1. The Kier molecular flexibility index (Phi) is 6.01. The molecule has 1 atom stereocenters. The molecule has 0 saturated carbocycles. The number of halogens is 1. The molecule has 0 unspecified atom stereocenters. The molecule has 0 radical (unpaired) electrons. The number of urea groups is 1. The van der Waals surface area contributed by atoms with Crippen molar-refractivity contribution in [3.05, 3.63) is 28.2 Å². The summed E-state index contributed by atoms with van der Waals surface area (Å²) in [5, 5.41) is 14.2. The van der Waals surface area contributed by atoms with Crippen molar-refractivity contribution in [1.82, 2.24) is 5.32 Å². The van der Waals surface area contributed by atoms with Gasteiger partial charge in [0.1, 0.15) is 6.04 Å². The van der Waals surface area contributed by atoms with E-state index in [1.807, 2.05) is 32.9 Å². The zero-order valence-corrected chi connectivity index (χ0v) is 13.3. The van der Waals surface area contributed by atoms with Gasteiger partial charge in [-0.2, -0.15) is 0 Å². The Balaban J connectivity index is 2.71. The summed E-state index contributed by atoms with van der Waals surface area (Å²) in [5.74, 6) is -0.848. The Morgan fingerprint density at radius 2 is 2.00 bits per heavy atom. The van der Waals surface area contributed by atoms with Gasteiger partial charge in [0.05, 0.1) is 5.69 Å². The number of carbonyl (C=O) groups excluding carboxylic acids is 1. The molecule has 6 heteroatoms. The number of aryl methyl sites for hydroxylation is 1. The number of carboxylic acid groups (broad SMARTS) is 1. The Bertz CT molecular complexity index is 503. The topological polar surface area (TPSA) is 78.4 Å². The zero-order chi connectivity index (χ0) is 15.3. The van der Waals surface area contributed by atoms with Crippen molar-refractivity contribution in [1.29, 1.82) is 0 Å². The molecule has 1 rings (SSSR count). The first-order chi connectivity index (χ1) is 9.31. The number of hydrogen-bond donors (Lipinski definition) is 3. The van der Waals surface area contributed by atoms with Crippen molar-refractivity contribution in [2.24, 2.45) is 5.92 Å². The van der Waals surface area contributed by atoms with Gasteiger partial charge in [-0.25, -0.2) is 9.59 Å². The summed E-state index contributed by atoms with van der Waals surface area (Å²) in [5.41, 5.74) is 1.59. The van der Waals surface area contributed by atoms with E-state index in [1.165, 1.54) is 0 Å². The Morgan fingerprint density at radius 1 is 1.35 bits per heavy atom. The number of anilines is 1. The summed E-state index contributed by atoms with van der Waals surface area (Å²) < 4.78 is 0.783. The zero-order valence-electron chi connectivity index (χ0n) is 11.7. The molecule has 0 heterocycles. The van der Waals surface area contributed by atoms with E-state index in [9.17, 15) is 9.59 Å². The minimum Gasteiger partial charge on any atom is -0.480 e. The quantitative estimate of drug-likeness (QED) is 0.767. The minimum absolute atomic E-state index is 0.183. The number of aliphatic carboxylic acids is 1. The molecular formula is C14H19BrN2O3. The van der Waals surface area contributed by atoms with Crippen LogP contribution in [0.1, 0.15) is 25.8 Å². The van der Waals surface area contributed by atoms with Gasteiger partial charge < -0.3 is 15.7 Å². The lowest BCUT2D eigenvalue weighted by Crippen LogP contribution is -2.43. The van der Waals surface area contributed by atoms with E-state index >= 15 is 0 Å². The molecular weight excluding hydrogens is 324 g/mol. The molecule has 0 aliphatic rings. The summed E-state index contributed by atoms with van der Waals surface area (Å²) in [4.78, 5) is 23.0. The van der Waals surface area contributed by atoms with Crippen LogP contribution < -0.4 is 10.6 Å². The first-order valence-corrected chi connectivity index (χ1v) is 7.16. The molecule has 0 saturated heterocycles. The molecule has 5 nitrogen and oxygen atoms in total. The lowest BCUT2D eigenvalue weighted by molar-refractivity contribution is -0.139. The van der Waals surface area contributed by atoms with Gasteiger partial charge in [-0.15, -0.1) is 0 Å². The van der Waals surface area contributed by atoms with Crippen molar-refractivity contribution in [2.75, 3.05) is 5.32 Å². The van der Waals surface area contributed by atoms with E-state index in [0.717, 1.165) is 10.0 Å². The highest BCUT2D eigenvalue weighted by molar-refractivity contribution is 9.10. The van der Waals surface area contributed by atoms with Gasteiger partial charge in [0, 0.05) is 4.47 Å². The molecule has 110 valence electrons. The van der Waals surface area contributed by atoms with E-state index in [-0.39, 0.29) is 5.92 Å². The van der Waals surface area contributed by atoms with Crippen LogP contribution >= 0.6 is 15.9 Å². The molecule has 1 aromatic rings. The average Bonchev–Trinajstić information content (AvgIpc) is 2.33. The largest absolute Gasteiger partial charge is 0.480 e. The summed E-state index contributed by atoms with van der Waals surface area (Å²) in [7, 11) is 0. The predicted octanol–water partition coefficient (Wildman–Crippen LogP) is 3.38. The van der Waals surface area contributed by atoms with Crippen LogP contribution in [0.4, 0.5) is 10.5 Å². The van der Waals surface area contributed by atoms with E-state index in [2.05, 4.69) is 26.6 Å². The lowest BCUT2D eigenvalue weighted by Gasteiger charge is -2.17. The first-order valence-electron chi connectivity index (χ1n) is 6.36. The summed E-state index contributed by atoms with van der Waals surface area (Å²) >= 11 is 3.39. The Morgan fingerprint density at radius 3 is 2.55 bits per heavy atom. The second-order valence-electron chi connectivity index (χ2n) is 5.06. The van der Waals surface area contributed by atoms with E-state index < -0.39 is 18.0 Å². The van der Waals surface area contributed by atoms with Gasteiger partial charge in [-0.05, 0) is 46.8 Å². The van der Waals surface area contributed by atoms with E-state index in [0.29, 0.717) is 12.1 Å². The molecule has 0 bridgehead atoms. The summed E-state index contributed by atoms with van der Waals surface area (Å²) in [6.45, 7) is 5.73. The first kappa shape index (κ1) is 16.5. The van der Waals surface area contributed by atoms with Gasteiger partial charge in [0.25, 0.3) is 0 Å². The van der Waals surface area contributed by atoms with Crippen molar-refractivity contribution >= 4 is 33.6 Å². The fraction of sp³-hybridized carbons (Fsp3) is 0.429. The van der Waals surface area contributed by atoms with Crippen molar-refractivity contribution in [3.8, 4) is 0 Å². The smallest absolute Gasteiger partial charge is 0.326 e. The highest BCUT2D eigenvalue weighted by Gasteiger charge is 2.21. The standard InChI is InChI=1S/C14H19BrN2O3/c1-8(2)7-11(13(18)19)17-14(20)16-10-6-4-5-9(3)12(10)15/h4-6,8,11H,7H2,1-3H3,(H,18,19)(H2,16,17,20)/t11-/m1/s1. The molecule has 0 fully saturated rings. The van der Waals surface area contributed by atoms with Crippen LogP contribution in [0.15, 0.2) is 22.7 Å². The number of nitrogens with one attached hydrogen (secondary N) is 2. The molecule has 1 aromatic carbocycles. The number of amides is 2. The van der Waals surface area contributed by atoms with Gasteiger partial charge in [0.2, 0.25) is 0 Å². The monoisotopic (exact) mass is 342 g/mol. The van der Waals surface area contributed by atoms with Crippen molar-refractivity contribution < 1.29 is 14.7 Å². The number of benzene rings is 1. The van der Waals surface area contributed by atoms with Crippen LogP contribution in [0.2, 0.25) is 0 Å². The van der Waals surface area contributed by atoms with Crippen molar-refractivity contribution in [2.45, 2.75) is 33.2 Å². The Hall–Kier alpha value is -1.56. The summed E-state index contributed by atoms with van der Waals surface area (Å²) in [6, 6.07) is 4.06. The maximum Gasteiger partial charge on any atom is 0.326 e. The lowest BCUT2D eigenvalue weighted by atomic mass is 10.0. The second kappa shape index (κ2) is 7.28. The molecule has 0 spiro atoms. The molecule has 3 N–H and O–H groups in total. The van der Waals surface area contributed by atoms with Gasteiger partial charge >= 0.3 is 12.0 Å². The fourth-order valence-corrected chi connectivity index (χ4v) is 2.12. The van der Waals surface area contributed by atoms with Crippen LogP contribution in [-0.4, -0.2) is 23.1 Å². The molecule has 2 amide bonds. The van der Waals surface area contributed by atoms with Crippen LogP contribution in [0.5, 0.6) is 0 Å². The predicted molar refractivity (Wildman–Crippen MR) is 81.9 cm³/mol. The molecule has 0 aliphatic carbocycles. The highest BCUT2D eigenvalue weighted by Crippen LogP contribution is 2.25. The third-order valence-corrected chi connectivity index (χ3v) is 3.80. The third kappa shape index (κ3) is 4.85. The molecule has 20 heavy (non-hydrogen) atoms. The van der Waals surface area contributed by atoms with Gasteiger partial charge in [0.15, 0.2) is 0 Å². The van der Waals surface area contributed by atoms with Crippen LogP contribution in [0, 0.1) is 12.8 Å². The van der Waals surface area contributed by atoms with Gasteiger partial charge in [-0.1, -0.05) is 26.0 Å². The van der Waals surface area contributed by atoms with Crippen LogP contribution in [0.3, 0.4) is 0 Å².